The molecule has 0 aromatic rings. The first kappa shape index (κ1) is 18.2. The Morgan fingerprint density at radius 1 is 1.06 bits per heavy atom. The first-order chi connectivity index (χ1) is 8.16. The van der Waals surface area contributed by atoms with Gasteiger partial charge in [0, 0.05) is 0 Å². The zero-order chi connectivity index (χ0) is 14.4. The average molecular weight is 342 g/mol. The molecule has 0 aliphatic heterocycles. The SMILES string of the molecule is C=C[Si](C)(C)N[Si](C)(C)C#[C][Ge]([CH2]C)([CH2]C)[CH2]C. The van der Waals surface area contributed by atoms with Crippen molar-refractivity contribution in [3.05, 3.63) is 12.3 Å². The van der Waals surface area contributed by atoms with Crippen LogP contribution in [0.15, 0.2) is 12.3 Å². The molecule has 0 saturated heterocycles. The van der Waals surface area contributed by atoms with Crippen LogP contribution in [0.4, 0.5) is 0 Å². The van der Waals surface area contributed by atoms with Crippen LogP contribution in [0.1, 0.15) is 20.8 Å². The van der Waals surface area contributed by atoms with E-state index >= 15 is 0 Å². The molecule has 0 rings (SSSR count). The molecule has 0 spiro atoms. The van der Waals surface area contributed by atoms with Gasteiger partial charge in [0.25, 0.3) is 0 Å². The number of hydrogen-bond donors (Lipinski definition) is 1. The zero-order valence-electron chi connectivity index (χ0n) is 13.4. The van der Waals surface area contributed by atoms with Crippen LogP contribution in [0.3, 0.4) is 0 Å². The van der Waals surface area contributed by atoms with Gasteiger partial charge in [0.2, 0.25) is 0 Å². The van der Waals surface area contributed by atoms with Crippen molar-refractivity contribution in [3.8, 4) is 10.3 Å². The van der Waals surface area contributed by atoms with Gasteiger partial charge >= 0.3 is 120 Å². The summed E-state index contributed by atoms with van der Waals surface area (Å²) in [6.07, 6.45) is 0. The molecule has 1 nitrogen and oxygen atoms in total. The van der Waals surface area contributed by atoms with Crippen LogP contribution in [0.2, 0.25) is 41.9 Å². The van der Waals surface area contributed by atoms with E-state index < -0.39 is 29.7 Å². The predicted octanol–water partition coefficient (Wildman–Crippen LogP) is 4.30. The fourth-order valence-corrected chi connectivity index (χ4v) is 17.8. The third kappa shape index (κ3) is 5.92. The van der Waals surface area contributed by atoms with E-state index in [1.54, 1.807) is 0 Å². The number of hydrogen-bond acceptors (Lipinski definition) is 1. The summed E-state index contributed by atoms with van der Waals surface area (Å²) < 4.78 is 7.64. The summed E-state index contributed by atoms with van der Waals surface area (Å²) in [6, 6.07) is 0. The quantitative estimate of drug-likeness (QED) is 0.561. The zero-order valence-corrected chi connectivity index (χ0v) is 17.5. The van der Waals surface area contributed by atoms with Crippen molar-refractivity contribution in [3.63, 3.8) is 0 Å². The van der Waals surface area contributed by atoms with Crippen molar-refractivity contribution in [1.29, 1.82) is 0 Å². The van der Waals surface area contributed by atoms with Gasteiger partial charge in [-0.2, -0.15) is 0 Å². The van der Waals surface area contributed by atoms with Crippen LogP contribution in [0.25, 0.3) is 0 Å². The van der Waals surface area contributed by atoms with Crippen LogP contribution in [-0.2, 0) is 0 Å². The molecule has 4 heteroatoms. The molecule has 0 radical (unpaired) electrons. The van der Waals surface area contributed by atoms with Gasteiger partial charge in [-0.25, -0.2) is 0 Å². The van der Waals surface area contributed by atoms with E-state index in [2.05, 4.69) is 74.2 Å². The second-order valence-corrected chi connectivity index (χ2v) is 25.0. The summed E-state index contributed by atoms with van der Waals surface area (Å²) in [5.74, 6) is 0. The van der Waals surface area contributed by atoms with Crippen LogP contribution in [-0.4, -0.2) is 29.7 Å². The van der Waals surface area contributed by atoms with Gasteiger partial charge in [0.1, 0.15) is 0 Å². The summed E-state index contributed by atoms with van der Waals surface area (Å²) in [4.78, 5) is 0. The summed E-state index contributed by atoms with van der Waals surface area (Å²) in [7, 11) is -3.04. The monoisotopic (exact) mass is 343 g/mol. The fraction of sp³-hybridized carbons (Fsp3) is 0.714. The van der Waals surface area contributed by atoms with Crippen molar-refractivity contribution in [1.82, 2.24) is 4.65 Å². The molecule has 0 amide bonds. The molecule has 0 saturated carbocycles. The Hall–Kier alpha value is 0.237. The molecule has 18 heavy (non-hydrogen) atoms. The Labute approximate surface area is 119 Å². The van der Waals surface area contributed by atoms with Gasteiger partial charge in [-0.15, -0.1) is 0 Å². The fourth-order valence-electron chi connectivity index (χ4n) is 2.19. The second-order valence-electron chi connectivity index (χ2n) is 6.27. The Kier molecular flexibility index (Phi) is 7.23. The molecule has 0 aromatic heterocycles. The summed E-state index contributed by atoms with van der Waals surface area (Å²) >= 11 is -1.82. The number of nitrogens with one attached hydrogen (secondary N) is 1. The van der Waals surface area contributed by atoms with Crippen LogP contribution in [0, 0.1) is 10.3 Å². The molecule has 0 aromatic carbocycles. The maximum atomic E-state index is 3.96. The Morgan fingerprint density at radius 2 is 1.50 bits per heavy atom. The van der Waals surface area contributed by atoms with Crippen LogP contribution in [0.5, 0.6) is 0 Å². The van der Waals surface area contributed by atoms with Crippen molar-refractivity contribution in [2.45, 2.75) is 62.7 Å². The third-order valence-electron chi connectivity index (χ3n) is 3.82. The minimum atomic E-state index is -1.82. The molecule has 0 bridgehead atoms. The molecule has 104 valence electrons. The Bertz CT molecular complexity index is 327. The molecular weight excluding hydrogens is 311 g/mol. The molecule has 0 aliphatic carbocycles. The van der Waals surface area contributed by atoms with E-state index in [4.69, 9.17) is 0 Å². The van der Waals surface area contributed by atoms with Crippen molar-refractivity contribution in [2.75, 3.05) is 0 Å². The van der Waals surface area contributed by atoms with Gasteiger partial charge < -0.3 is 0 Å². The maximum absolute atomic E-state index is 3.96. The summed E-state index contributed by atoms with van der Waals surface area (Å²) in [6.45, 7) is 20.3. The summed E-state index contributed by atoms with van der Waals surface area (Å²) in [5.41, 5.74) is 5.81. The average Bonchev–Trinajstić information content (AvgIpc) is 2.30. The van der Waals surface area contributed by atoms with Gasteiger partial charge in [0.05, 0.1) is 0 Å². The molecule has 0 fully saturated rings. The third-order valence-corrected chi connectivity index (χ3v) is 21.1. The summed E-state index contributed by atoms with van der Waals surface area (Å²) in [5, 5.41) is 4.02. The van der Waals surface area contributed by atoms with E-state index in [-0.39, 0.29) is 0 Å². The molecule has 0 aliphatic rings. The number of rotatable bonds is 6. The van der Waals surface area contributed by atoms with E-state index in [9.17, 15) is 0 Å². The normalized spacial score (nSPS) is 12.8. The Balaban J connectivity index is 5.02. The van der Waals surface area contributed by atoms with Gasteiger partial charge in [-0.3, -0.25) is 0 Å². The van der Waals surface area contributed by atoms with Gasteiger partial charge in [-0.05, 0) is 0 Å². The van der Waals surface area contributed by atoms with Gasteiger partial charge in [-0.1, -0.05) is 0 Å². The second kappa shape index (κ2) is 7.13. The van der Waals surface area contributed by atoms with Gasteiger partial charge in [0.15, 0.2) is 0 Å². The molecule has 1 N–H and O–H groups in total. The van der Waals surface area contributed by atoms with Crippen LogP contribution < -0.4 is 4.65 Å². The van der Waals surface area contributed by atoms with E-state index in [0.29, 0.717) is 0 Å². The van der Waals surface area contributed by atoms with E-state index in [1.165, 1.54) is 15.8 Å². The van der Waals surface area contributed by atoms with E-state index in [1.807, 2.05) is 0 Å². The Morgan fingerprint density at radius 3 is 1.83 bits per heavy atom. The van der Waals surface area contributed by atoms with Crippen molar-refractivity contribution >= 4 is 29.7 Å². The topological polar surface area (TPSA) is 12.0 Å². The van der Waals surface area contributed by atoms with Crippen molar-refractivity contribution < 1.29 is 0 Å². The molecule has 0 atom stereocenters. The molecular formula is C14H31GeNSi2. The first-order valence-corrected chi connectivity index (χ1v) is 18.7. The standard InChI is InChI=1S/C14H31GeNSi2/c1-9-15(10-2,11-3)13-14-18(7,8)16-17(5,6)12-4/h12,16H,4,9-11H2,1-3,5-8H3. The molecule has 0 heterocycles. The van der Waals surface area contributed by atoms with Crippen molar-refractivity contribution in [2.24, 2.45) is 0 Å². The van der Waals surface area contributed by atoms with Crippen LogP contribution >= 0.6 is 0 Å². The first-order valence-electron chi connectivity index (χ1n) is 7.13. The minimum absolute atomic E-state index is 1.34. The van der Waals surface area contributed by atoms with E-state index in [0.717, 1.165) is 0 Å². The molecule has 0 unspecified atom stereocenters. The predicted molar refractivity (Wildman–Crippen MR) is 93.3 cm³/mol.